The first-order chi connectivity index (χ1) is 24.2. The summed E-state index contributed by atoms with van der Waals surface area (Å²) < 4.78 is 5.24. The van der Waals surface area contributed by atoms with E-state index in [1.165, 1.54) is 30.3 Å². The van der Waals surface area contributed by atoms with Crippen LogP contribution in [0.3, 0.4) is 0 Å². The van der Waals surface area contributed by atoms with Gasteiger partial charge in [0.1, 0.15) is 0 Å². The molecule has 256 valence electrons. The van der Waals surface area contributed by atoms with Crippen molar-refractivity contribution in [3.63, 3.8) is 0 Å². The quantitative estimate of drug-likeness (QED) is 0.0504. The number of nitro groups is 1. The summed E-state index contributed by atoms with van der Waals surface area (Å²) in [7, 11) is 0. The van der Waals surface area contributed by atoms with Crippen LogP contribution in [0.15, 0.2) is 120 Å². The number of hydrogen-bond acceptors (Lipinski definition) is 8. The van der Waals surface area contributed by atoms with E-state index in [1.807, 2.05) is 36.4 Å². The summed E-state index contributed by atoms with van der Waals surface area (Å²) in [6.07, 6.45) is 2.72. The van der Waals surface area contributed by atoms with Crippen LogP contribution in [0.1, 0.15) is 48.4 Å². The first-order valence-corrected chi connectivity index (χ1v) is 16.4. The number of esters is 1. The molecular formula is C39H38N4O7. The molecule has 50 heavy (non-hydrogen) atoms. The van der Waals surface area contributed by atoms with Crippen molar-refractivity contribution >= 4 is 41.0 Å². The number of nitrogens with zero attached hydrogens (tertiary/aromatic N) is 3. The number of anilines is 1. The molecule has 11 heteroatoms. The predicted molar refractivity (Wildman–Crippen MR) is 191 cm³/mol. The van der Waals surface area contributed by atoms with E-state index in [2.05, 4.69) is 10.2 Å². The number of para-hydroxylation sites is 1. The Morgan fingerprint density at radius 2 is 1.64 bits per heavy atom. The molecule has 1 amide bonds. The Morgan fingerprint density at radius 1 is 0.980 bits per heavy atom. The maximum Gasteiger partial charge on any atom is 0.334 e. The third-order valence-corrected chi connectivity index (χ3v) is 8.35. The Hall–Kier alpha value is -5.94. The Bertz CT molecular complexity index is 1880. The number of non-ortho nitro benzene ring substituents is 1. The molecule has 5 rings (SSSR count). The van der Waals surface area contributed by atoms with Gasteiger partial charge >= 0.3 is 11.9 Å². The van der Waals surface area contributed by atoms with Crippen molar-refractivity contribution in [2.24, 2.45) is 4.99 Å². The van der Waals surface area contributed by atoms with Gasteiger partial charge in [-0.3, -0.25) is 24.8 Å². The number of hydrogen-bond donors (Lipinski definition) is 2. The minimum atomic E-state index is -1.43. The Labute approximate surface area is 290 Å². The molecule has 11 nitrogen and oxygen atoms in total. The van der Waals surface area contributed by atoms with E-state index >= 15 is 0 Å². The maximum absolute atomic E-state index is 13.8. The van der Waals surface area contributed by atoms with E-state index in [1.54, 1.807) is 55.5 Å². The highest BCUT2D eigenvalue weighted by Crippen LogP contribution is 2.26. The van der Waals surface area contributed by atoms with Crippen molar-refractivity contribution in [2.45, 2.75) is 44.8 Å². The van der Waals surface area contributed by atoms with Gasteiger partial charge in [0.2, 0.25) is 5.91 Å². The molecule has 0 spiro atoms. The Morgan fingerprint density at radius 3 is 2.30 bits per heavy atom. The van der Waals surface area contributed by atoms with Crippen molar-refractivity contribution in [1.82, 2.24) is 4.90 Å². The molecular weight excluding hydrogens is 636 g/mol. The molecule has 0 aromatic heterocycles. The van der Waals surface area contributed by atoms with Gasteiger partial charge in [-0.2, -0.15) is 0 Å². The van der Waals surface area contributed by atoms with E-state index in [0.29, 0.717) is 41.1 Å². The topological polar surface area (TPSA) is 151 Å². The van der Waals surface area contributed by atoms with Gasteiger partial charge in [0.15, 0.2) is 6.04 Å². The lowest BCUT2D eigenvalue weighted by atomic mass is 9.98. The first kappa shape index (κ1) is 35.4. The number of aliphatic imine (C=N–C) groups is 1. The minimum Gasteiger partial charge on any atom is -0.480 e. The average Bonchev–Trinajstić information content (AvgIpc) is 3.59. The summed E-state index contributed by atoms with van der Waals surface area (Å²) in [6, 6.07) is 29.9. The number of carbonyl (C=O) groups is 3. The zero-order chi connectivity index (χ0) is 35.5. The van der Waals surface area contributed by atoms with E-state index in [0.717, 1.165) is 18.5 Å². The van der Waals surface area contributed by atoms with Crippen LogP contribution in [-0.2, 0) is 25.7 Å². The number of ether oxygens (including phenoxy) is 1. The van der Waals surface area contributed by atoms with Crippen LogP contribution >= 0.6 is 0 Å². The van der Waals surface area contributed by atoms with Crippen LogP contribution in [0, 0.1) is 10.1 Å². The SMILES string of the molecule is CCOC(=O)/C(=C/c1ccc([N+](=O)[O-])cc1)C[C@@H](N=C(c1ccccc1)c1ccccc1NC(=O)[C@@H]1CCCN1Cc1ccccc1)C(=O)O. The molecule has 0 saturated carbocycles. The molecule has 1 fully saturated rings. The molecule has 0 unspecified atom stereocenters. The highest BCUT2D eigenvalue weighted by atomic mass is 16.6. The summed E-state index contributed by atoms with van der Waals surface area (Å²) in [5.74, 6) is -2.16. The molecule has 1 aliphatic rings. The van der Waals surface area contributed by atoms with Gasteiger partial charge in [-0.25, -0.2) is 9.59 Å². The molecule has 1 heterocycles. The lowest BCUT2D eigenvalue weighted by Crippen LogP contribution is -2.39. The fraction of sp³-hybridized carbons (Fsp3) is 0.231. The number of aliphatic carboxylic acids is 1. The molecule has 4 aromatic carbocycles. The smallest absolute Gasteiger partial charge is 0.334 e. The third-order valence-electron chi connectivity index (χ3n) is 8.35. The monoisotopic (exact) mass is 674 g/mol. The maximum atomic E-state index is 13.8. The number of amides is 1. The molecule has 2 N–H and O–H groups in total. The zero-order valence-electron chi connectivity index (χ0n) is 27.6. The summed E-state index contributed by atoms with van der Waals surface area (Å²) in [5.41, 5.74) is 3.41. The minimum absolute atomic E-state index is 0.0330. The number of nitro benzene ring substituents is 1. The van der Waals surface area contributed by atoms with Crippen molar-refractivity contribution in [3.8, 4) is 0 Å². The van der Waals surface area contributed by atoms with E-state index in [-0.39, 0.29) is 36.2 Å². The van der Waals surface area contributed by atoms with Crippen LogP contribution in [0.2, 0.25) is 0 Å². The van der Waals surface area contributed by atoms with Gasteiger partial charge in [-0.15, -0.1) is 0 Å². The van der Waals surface area contributed by atoms with E-state index in [9.17, 15) is 29.6 Å². The van der Waals surface area contributed by atoms with Gasteiger partial charge in [0.05, 0.1) is 29.0 Å². The first-order valence-electron chi connectivity index (χ1n) is 16.4. The Kier molecular flexibility index (Phi) is 12.0. The number of carboxylic acid groups (broad SMARTS) is 1. The molecule has 1 aliphatic heterocycles. The van der Waals surface area contributed by atoms with Crippen molar-refractivity contribution < 1.29 is 29.2 Å². The van der Waals surface area contributed by atoms with Crippen molar-refractivity contribution in [2.75, 3.05) is 18.5 Å². The fourth-order valence-electron chi connectivity index (χ4n) is 5.91. The van der Waals surface area contributed by atoms with Crippen LogP contribution in [0.5, 0.6) is 0 Å². The lowest BCUT2D eigenvalue weighted by molar-refractivity contribution is -0.384. The van der Waals surface area contributed by atoms with Gasteiger partial charge in [-0.05, 0) is 61.7 Å². The molecule has 0 bridgehead atoms. The van der Waals surface area contributed by atoms with Gasteiger partial charge in [0, 0.05) is 41.8 Å². The largest absolute Gasteiger partial charge is 0.480 e. The normalized spacial score (nSPS) is 15.7. The van der Waals surface area contributed by atoms with Gasteiger partial charge < -0.3 is 15.2 Å². The van der Waals surface area contributed by atoms with E-state index < -0.39 is 22.9 Å². The second-order valence-electron chi connectivity index (χ2n) is 11.8. The predicted octanol–water partition coefficient (Wildman–Crippen LogP) is 6.53. The van der Waals surface area contributed by atoms with Crippen LogP contribution in [0.4, 0.5) is 11.4 Å². The standard InChI is InChI=1S/C39H38N4O7/c1-2-50-39(47)30(24-27-19-21-31(22-20-27)43(48)49)25-34(38(45)46)40-36(29-14-7-4-8-15-29)32-16-9-10-17-33(32)41-37(44)35-18-11-23-42(35)26-28-12-5-3-6-13-28/h3-10,12-17,19-22,24,34-35H,2,11,18,23,25-26H2,1H3,(H,41,44)(H,45,46)/b30-24+,40-36?/t34-,35+/m1/s1. The lowest BCUT2D eigenvalue weighted by Gasteiger charge is -2.24. The average molecular weight is 675 g/mol. The van der Waals surface area contributed by atoms with Crippen LogP contribution in [-0.4, -0.2) is 63.7 Å². The van der Waals surface area contributed by atoms with Gasteiger partial charge in [0.25, 0.3) is 5.69 Å². The number of benzene rings is 4. The summed E-state index contributed by atoms with van der Waals surface area (Å²) >= 11 is 0. The number of rotatable bonds is 14. The van der Waals surface area contributed by atoms with Crippen molar-refractivity contribution in [1.29, 1.82) is 0 Å². The van der Waals surface area contributed by atoms with E-state index in [4.69, 9.17) is 9.73 Å². The molecule has 0 radical (unpaired) electrons. The zero-order valence-corrected chi connectivity index (χ0v) is 27.6. The molecule has 2 atom stereocenters. The number of carbonyl (C=O) groups excluding carboxylic acids is 2. The summed E-state index contributed by atoms with van der Waals surface area (Å²) in [4.78, 5) is 57.1. The van der Waals surface area contributed by atoms with Crippen LogP contribution < -0.4 is 5.32 Å². The molecule has 1 saturated heterocycles. The van der Waals surface area contributed by atoms with Crippen molar-refractivity contribution in [3.05, 3.63) is 147 Å². The fourth-order valence-corrected chi connectivity index (χ4v) is 5.91. The third kappa shape index (κ3) is 9.14. The highest BCUT2D eigenvalue weighted by molar-refractivity contribution is 6.18. The van der Waals surface area contributed by atoms with Crippen LogP contribution in [0.25, 0.3) is 6.08 Å². The summed E-state index contributed by atoms with van der Waals surface area (Å²) in [6.45, 7) is 3.14. The second-order valence-corrected chi connectivity index (χ2v) is 11.8. The number of carboxylic acids is 1. The highest BCUT2D eigenvalue weighted by Gasteiger charge is 2.31. The number of nitrogens with one attached hydrogen (secondary N) is 1. The molecule has 4 aromatic rings. The summed E-state index contributed by atoms with van der Waals surface area (Å²) in [5, 5.41) is 24.6. The second kappa shape index (κ2) is 16.9. The number of likely N-dealkylation sites (tertiary alicyclic amines) is 1. The molecule has 0 aliphatic carbocycles. The Balaban J connectivity index is 1.49. The van der Waals surface area contributed by atoms with Gasteiger partial charge in [-0.1, -0.05) is 78.9 Å².